The van der Waals surface area contributed by atoms with E-state index in [1.807, 2.05) is 18.2 Å². The number of aryl methyl sites for hydroxylation is 1. The van der Waals surface area contributed by atoms with Gasteiger partial charge in [0.05, 0.1) is 11.6 Å². The number of fused-ring (bicyclic) bond motifs is 1. The fourth-order valence-electron chi connectivity index (χ4n) is 2.88. The Bertz CT molecular complexity index is 621. The maximum atomic E-state index is 9.55. The third kappa shape index (κ3) is 2.89. The summed E-state index contributed by atoms with van der Waals surface area (Å²) in [6.07, 6.45) is 3.61. The summed E-state index contributed by atoms with van der Waals surface area (Å²) >= 11 is 6.04. The molecule has 20 heavy (non-hydrogen) atoms. The zero-order valence-corrected chi connectivity index (χ0v) is 12.3. The Morgan fingerprint density at radius 1 is 1.20 bits per heavy atom. The van der Waals surface area contributed by atoms with E-state index in [0.717, 1.165) is 42.4 Å². The quantitative estimate of drug-likeness (QED) is 0.881. The smallest absolute Gasteiger partial charge is 0.127 e. The van der Waals surface area contributed by atoms with E-state index in [9.17, 15) is 5.11 Å². The van der Waals surface area contributed by atoms with Gasteiger partial charge in [-0.1, -0.05) is 17.7 Å². The number of pyridine rings is 1. The van der Waals surface area contributed by atoms with Gasteiger partial charge in [-0.25, -0.2) is 4.98 Å². The van der Waals surface area contributed by atoms with Gasteiger partial charge in [-0.15, -0.1) is 0 Å². The first kappa shape index (κ1) is 13.7. The van der Waals surface area contributed by atoms with Crippen molar-refractivity contribution < 1.29 is 5.11 Å². The molecule has 4 heteroatoms. The molecule has 0 radical (unpaired) electrons. The molecule has 1 aliphatic carbocycles. The van der Waals surface area contributed by atoms with Gasteiger partial charge in [0.15, 0.2) is 0 Å². The van der Waals surface area contributed by atoms with E-state index in [0.29, 0.717) is 11.1 Å². The molecule has 0 saturated heterocycles. The third-order valence-electron chi connectivity index (χ3n) is 4.03. The zero-order valence-electron chi connectivity index (χ0n) is 11.6. The second kappa shape index (κ2) is 5.58. The largest absolute Gasteiger partial charge is 0.393 e. The van der Waals surface area contributed by atoms with E-state index in [4.69, 9.17) is 11.6 Å². The van der Waals surface area contributed by atoms with E-state index in [2.05, 4.69) is 23.3 Å². The summed E-state index contributed by atoms with van der Waals surface area (Å²) in [6, 6.07) is 8.30. The predicted molar refractivity (Wildman–Crippen MR) is 83.4 cm³/mol. The molecule has 0 atom stereocenters. The second-order valence-electron chi connectivity index (χ2n) is 5.64. The standard InChI is InChI=1S/C16H19ClN2O/c1-10-8-16(18-12-3-5-13(20)6-4-12)19-15-9-11(17)2-7-14(10)15/h2,7-9,12-13,20H,3-6H2,1H3,(H,18,19). The van der Waals surface area contributed by atoms with Crippen LogP contribution in [0, 0.1) is 6.92 Å². The highest BCUT2D eigenvalue weighted by Crippen LogP contribution is 2.26. The molecule has 1 aliphatic rings. The van der Waals surface area contributed by atoms with Crippen LogP contribution in [-0.4, -0.2) is 22.2 Å². The van der Waals surface area contributed by atoms with Crippen LogP contribution in [0.4, 0.5) is 5.82 Å². The molecule has 3 nitrogen and oxygen atoms in total. The first-order valence-electron chi connectivity index (χ1n) is 7.13. The highest BCUT2D eigenvalue weighted by molar-refractivity contribution is 6.31. The number of halogens is 1. The zero-order chi connectivity index (χ0) is 14.1. The van der Waals surface area contributed by atoms with Crippen LogP contribution in [0.1, 0.15) is 31.2 Å². The molecule has 0 aliphatic heterocycles. The molecule has 1 aromatic heterocycles. The highest BCUT2D eigenvalue weighted by atomic mass is 35.5. The Hall–Kier alpha value is -1.32. The number of anilines is 1. The van der Waals surface area contributed by atoms with Gasteiger partial charge in [-0.3, -0.25) is 0 Å². The monoisotopic (exact) mass is 290 g/mol. The van der Waals surface area contributed by atoms with Crippen LogP contribution in [0.3, 0.4) is 0 Å². The highest BCUT2D eigenvalue weighted by Gasteiger charge is 2.19. The van der Waals surface area contributed by atoms with E-state index < -0.39 is 0 Å². The SMILES string of the molecule is Cc1cc(NC2CCC(O)CC2)nc2cc(Cl)ccc12. The van der Waals surface area contributed by atoms with Gasteiger partial charge >= 0.3 is 0 Å². The van der Waals surface area contributed by atoms with E-state index in [-0.39, 0.29) is 6.10 Å². The molecular formula is C16H19ClN2O. The van der Waals surface area contributed by atoms with Gasteiger partial charge in [-0.2, -0.15) is 0 Å². The molecule has 0 bridgehead atoms. The van der Waals surface area contributed by atoms with Crippen LogP contribution in [0.15, 0.2) is 24.3 Å². The summed E-state index contributed by atoms with van der Waals surface area (Å²) in [4.78, 5) is 4.65. The van der Waals surface area contributed by atoms with Gasteiger partial charge in [0, 0.05) is 16.5 Å². The van der Waals surface area contributed by atoms with Crippen molar-refractivity contribution in [1.82, 2.24) is 4.98 Å². The van der Waals surface area contributed by atoms with Crippen LogP contribution in [0.2, 0.25) is 5.02 Å². The first-order chi connectivity index (χ1) is 9.61. The maximum absolute atomic E-state index is 9.55. The van der Waals surface area contributed by atoms with Crippen molar-refractivity contribution in [3.63, 3.8) is 0 Å². The fourth-order valence-corrected chi connectivity index (χ4v) is 3.05. The minimum absolute atomic E-state index is 0.127. The second-order valence-corrected chi connectivity index (χ2v) is 6.07. The van der Waals surface area contributed by atoms with Crippen molar-refractivity contribution in [1.29, 1.82) is 0 Å². The van der Waals surface area contributed by atoms with Crippen molar-refractivity contribution in [3.05, 3.63) is 34.9 Å². The Morgan fingerprint density at radius 3 is 2.70 bits per heavy atom. The lowest BCUT2D eigenvalue weighted by atomic mass is 9.93. The van der Waals surface area contributed by atoms with Crippen molar-refractivity contribution in [3.8, 4) is 0 Å². The van der Waals surface area contributed by atoms with Gasteiger partial charge in [0.2, 0.25) is 0 Å². The molecule has 0 amide bonds. The topological polar surface area (TPSA) is 45.1 Å². The van der Waals surface area contributed by atoms with Crippen LogP contribution >= 0.6 is 11.6 Å². The number of rotatable bonds is 2. The van der Waals surface area contributed by atoms with Crippen molar-refractivity contribution in [2.75, 3.05) is 5.32 Å². The number of nitrogens with one attached hydrogen (secondary N) is 1. The maximum Gasteiger partial charge on any atom is 0.127 e. The Labute approximate surface area is 124 Å². The molecule has 1 fully saturated rings. The molecule has 2 N–H and O–H groups in total. The molecular weight excluding hydrogens is 272 g/mol. The van der Waals surface area contributed by atoms with Gasteiger partial charge in [-0.05, 0) is 56.4 Å². The molecule has 0 spiro atoms. The fraction of sp³-hybridized carbons (Fsp3) is 0.438. The lowest BCUT2D eigenvalue weighted by molar-refractivity contribution is 0.126. The van der Waals surface area contributed by atoms with Crippen molar-refractivity contribution >= 4 is 28.3 Å². The van der Waals surface area contributed by atoms with E-state index in [1.54, 1.807) is 0 Å². The van der Waals surface area contributed by atoms with Crippen molar-refractivity contribution in [2.24, 2.45) is 0 Å². The van der Waals surface area contributed by atoms with Crippen LogP contribution in [-0.2, 0) is 0 Å². The van der Waals surface area contributed by atoms with Crippen LogP contribution < -0.4 is 5.32 Å². The summed E-state index contributed by atoms with van der Waals surface area (Å²) < 4.78 is 0. The minimum atomic E-state index is -0.127. The molecule has 0 unspecified atom stereocenters. The molecule has 106 valence electrons. The summed E-state index contributed by atoms with van der Waals surface area (Å²) in [5.74, 6) is 0.902. The normalized spacial score (nSPS) is 22.9. The number of hydrogen-bond acceptors (Lipinski definition) is 3. The lowest BCUT2D eigenvalue weighted by Crippen LogP contribution is -2.28. The average molecular weight is 291 g/mol. The van der Waals surface area contributed by atoms with E-state index >= 15 is 0 Å². The minimum Gasteiger partial charge on any atom is -0.393 e. The number of benzene rings is 1. The number of hydrogen-bond donors (Lipinski definition) is 2. The van der Waals surface area contributed by atoms with E-state index in [1.165, 1.54) is 5.56 Å². The lowest BCUT2D eigenvalue weighted by Gasteiger charge is -2.26. The Balaban J connectivity index is 1.84. The predicted octanol–water partition coefficient (Wildman–Crippen LogP) is 3.91. The average Bonchev–Trinajstić information content (AvgIpc) is 2.41. The van der Waals surface area contributed by atoms with Gasteiger partial charge in [0.25, 0.3) is 0 Å². The van der Waals surface area contributed by atoms with Crippen molar-refractivity contribution in [2.45, 2.75) is 44.8 Å². The summed E-state index contributed by atoms with van der Waals surface area (Å²) in [5.41, 5.74) is 2.13. The number of aliphatic hydroxyl groups is 1. The first-order valence-corrected chi connectivity index (χ1v) is 7.51. The molecule has 1 heterocycles. The Morgan fingerprint density at radius 2 is 1.95 bits per heavy atom. The van der Waals surface area contributed by atoms with Gasteiger partial charge < -0.3 is 10.4 Å². The van der Waals surface area contributed by atoms with Gasteiger partial charge in [0.1, 0.15) is 5.82 Å². The third-order valence-corrected chi connectivity index (χ3v) is 4.26. The van der Waals surface area contributed by atoms with Crippen LogP contribution in [0.25, 0.3) is 10.9 Å². The number of aromatic nitrogens is 1. The number of nitrogens with zero attached hydrogens (tertiary/aromatic N) is 1. The summed E-state index contributed by atoms with van der Waals surface area (Å²) in [6.45, 7) is 2.09. The number of aliphatic hydroxyl groups excluding tert-OH is 1. The molecule has 3 rings (SSSR count). The molecule has 1 aromatic carbocycles. The molecule has 2 aromatic rings. The van der Waals surface area contributed by atoms with Crippen LogP contribution in [0.5, 0.6) is 0 Å². The summed E-state index contributed by atoms with van der Waals surface area (Å²) in [5, 5.41) is 14.9. The Kier molecular flexibility index (Phi) is 3.81. The molecule has 1 saturated carbocycles. The summed E-state index contributed by atoms with van der Waals surface area (Å²) in [7, 11) is 0.